The summed E-state index contributed by atoms with van der Waals surface area (Å²) in [6, 6.07) is 10.1. The van der Waals surface area contributed by atoms with Crippen molar-refractivity contribution in [2.75, 3.05) is 0 Å². The van der Waals surface area contributed by atoms with Crippen LogP contribution in [0.25, 0.3) is 22.4 Å². The second-order valence-electron chi connectivity index (χ2n) is 10.8. The predicted octanol–water partition coefficient (Wildman–Crippen LogP) is 2.99. The van der Waals surface area contributed by atoms with Gasteiger partial charge in [0.25, 0.3) is 0 Å². The van der Waals surface area contributed by atoms with Gasteiger partial charge in [0.05, 0.1) is 22.8 Å². The van der Waals surface area contributed by atoms with Gasteiger partial charge in [0.1, 0.15) is 6.33 Å². The Morgan fingerprint density at radius 1 is 0.971 bits per heavy atom. The summed E-state index contributed by atoms with van der Waals surface area (Å²) in [6.07, 6.45) is 13.3. The molecule has 2 unspecified atom stereocenters. The van der Waals surface area contributed by atoms with Gasteiger partial charge >= 0.3 is 0 Å². The number of tetrazole rings is 1. The number of benzene rings is 1. The number of nitrogens with zero attached hydrogens (tertiary/aromatic N) is 10. The molecule has 0 saturated heterocycles. The largest absolute Gasteiger partial charge is 0.216 e. The Morgan fingerprint density at radius 3 is 2.62 bits per heavy atom. The van der Waals surface area contributed by atoms with Crippen LogP contribution in [0.5, 0.6) is 0 Å². The van der Waals surface area contributed by atoms with Gasteiger partial charge in [-0.2, -0.15) is 9.90 Å². The van der Waals surface area contributed by atoms with Crippen molar-refractivity contribution in [1.29, 1.82) is 0 Å². The molecule has 1 aromatic carbocycles. The fraction of sp³-hybridized carbons (Fsp3) is 0.458. The van der Waals surface area contributed by atoms with E-state index in [0.717, 1.165) is 52.9 Å². The lowest BCUT2D eigenvalue weighted by Crippen LogP contribution is -2.57. The molecule has 4 saturated carbocycles. The average molecular weight is 453 g/mol. The molecule has 0 N–H and O–H groups in total. The van der Waals surface area contributed by atoms with Crippen LogP contribution in [0.2, 0.25) is 0 Å². The minimum atomic E-state index is 0.00534. The summed E-state index contributed by atoms with van der Waals surface area (Å²) in [6.45, 7) is 0. The highest BCUT2D eigenvalue weighted by Gasteiger charge is 2.59. The molecular weight excluding hydrogens is 428 g/mol. The van der Waals surface area contributed by atoms with Crippen molar-refractivity contribution in [3.8, 4) is 5.69 Å². The van der Waals surface area contributed by atoms with Gasteiger partial charge in [0.2, 0.25) is 0 Å². The topological polar surface area (TPSA) is 105 Å². The molecule has 9 rings (SSSR count). The van der Waals surface area contributed by atoms with E-state index in [1.807, 2.05) is 50.5 Å². The van der Waals surface area contributed by atoms with Gasteiger partial charge in [-0.05, 0) is 73.1 Å². The van der Waals surface area contributed by atoms with E-state index in [9.17, 15) is 0 Å². The Bertz CT molecular complexity index is 1500. The molecule has 5 aromatic rings. The molecule has 4 heterocycles. The zero-order chi connectivity index (χ0) is 22.3. The molecule has 0 aliphatic heterocycles. The number of para-hydroxylation sites is 1. The third-order valence-electron chi connectivity index (χ3n) is 8.41. The highest BCUT2D eigenvalue weighted by atomic mass is 15.6. The van der Waals surface area contributed by atoms with E-state index in [0.29, 0.717) is 0 Å². The molecule has 4 bridgehead atoms. The van der Waals surface area contributed by atoms with Gasteiger partial charge in [-0.25, -0.2) is 19.2 Å². The summed E-state index contributed by atoms with van der Waals surface area (Å²) < 4.78 is 3.67. The van der Waals surface area contributed by atoms with Crippen molar-refractivity contribution in [2.24, 2.45) is 17.3 Å². The standard InChI is InChI=1S/C24H24N10/c1-2-4-18(5-3-1)33-21-19(12-27-33)22-29-20(30-32(22)15-25-21)11-23-7-16-6-17(8-23)10-24(9-16,13-23)34-28-14-26-31-34/h1-5,12,14-17H,6-11,13H2. The molecule has 4 fully saturated rings. The highest BCUT2D eigenvalue weighted by molar-refractivity contribution is 5.89. The third kappa shape index (κ3) is 2.59. The minimum absolute atomic E-state index is 0.00534. The maximum atomic E-state index is 5.02. The third-order valence-corrected chi connectivity index (χ3v) is 8.41. The monoisotopic (exact) mass is 452 g/mol. The molecule has 0 amide bonds. The lowest BCUT2D eigenvalue weighted by molar-refractivity contribution is -0.112. The molecule has 34 heavy (non-hydrogen) atoms. The number of fused-ring (bicyclic) bond motifs is 3. The molecule has 4 aliphatic rings. The number of hydrogen-bond acceptors (Lipinski definition) is 7. The fourth-order valence-corrected chi connectivity index (χ4v) is 7.76. The van der Waals surface area contributed by atoms with Crippen molar-refractivity contribution in [2.45, 2.75) is 50.5 Å². The first kappa shape index (κ1) is 18.7. The zero-order valence-electron chi connectivity index (χ0n) is 18.7. The molecule has 10 nitrogen and oxygen atoms in total. The number of rotatable bonds is 4. The van der Waals surface area contributed by atoms with Gasteiger partial charge in [0.15, 0.2) is 23.4 Å². The van der Waals surface area contributed by atoms with Crippen LogP contribution in [0.15, 0.2) is 49.2 Å². The molecule has 4 aliphatic carbocycles. The molecular formula is C24H24N10. The van der Waals surface area contributed by atoms with Gasteiger partial charge in [-0.15, -0.1) is 15.3 Å². The summed E-state index contributed by atoms with van der Waals surface area (Å²) in [5.74, 6) is 2.34. The van der Waals surface area contributed by atoms with Crippen LogP contribution in [-0.2, 0) is 12.0 Å². The highest BCUT2D eigenvalue weighted by Crippen LogP contribution is 2.64. The van der Waals surface area contributed by atoms with Crippen LogP contribution < -0.4 is 0 Å². The average Bonchev–Trinajstić information content (AvgIpc) is 3.57. The molecule has 2 atom stereocenters. The van der Waals surface area contributed by atoms with Crippen molar-refractivity contribution in [3.05, 3.63) is 55.0 Å². The molecule has 0 radical (unpaired) electrons. The molecule has 0 spiro atoms. The van der Waals surface area contributed by atoms with E-state index in [4.69, 9.17) is 10.1 Å². The Kier molecular flexibility index (Phi) is 3.55. The first-order valence-electron chi connectivity index (χ1n) is 12.1. The molecule has 4 aromatic heterocycles. The minimum Gasteiger partial charge on any atom is -0.216 e. The number of hydrogen-bond donors (Lipinski definition) is 0. The van der Waals surface area contributed by atoms with Crippen LogP contribution >= 0.6 is 0 Å². The maximum Gasteiger partial charge on any atom is 0.170 e. The van der Waals surface area contributed by atoms with Crippen molar-refractivity contribution < 1.29 is 0 Å². The summed E-state index contributed by atoms with van der Waals surface area (Å²) in [5.41, 5.74) is 2.80. The van der Waals surface area contributed by atoms with E-state index in [-0.39, 0.29) is 11.0 Å². The second kappa shape index (κ2) is 6.46. The summed E-state index contributed by atoms with van der Waals surface area (Å²) >= 11 is 0. The van der Waals surface area contributed by atoms with Crippen LogP contribution in [0.1, 0.15) is 44.3 Å². The lowest BCUT2D eigenvalue weighted by atomic mass is 9.46. The fourth-order valence-electron chi connectivity index (χ4n) is 7.76. The molecule has 170 valence electrons. The van der Waals surface area contributed by atoms with Crippen molar-refractivity contribution in [3.63, 3.8) is 0 Å². The van der Waals surface area contributed by atoms with Gasteiger partial charge in [-0.3, -0.25) is 0 Å². The van der Waals surface area contributed by atoms with Gasteiger partial charge < -0.3 is 0 Å². The lowest BCUT2D eigenvalue weighted by Gasteiger charge is -2.61. The van der Waals surface area contributed by atoms with Crippen LogP contribution in [0.4, 0.5) is 0 Å². The van der Waals surface area contributed by atoms with Crippen molar-refractivity contribution >= 4 is 16.7 Å². The normalized spacial score (nSPS) is 30.0. The summed E-state index contributed by atoms with van der Waals surface area (Å²) in [7, 11) is 0. The quantitative estimate of drug-likeness (QED) is 0.413. The second-order valence-corrected chi connectivity index (χ2v) is 10.8. The maximum absolute atomic E-state index is 5.02. The summed E-state index contributed by atoms with van der Waals surface area (Å²) in [5, 5.41) is 23.2. The van der Waals surface area contributed by atoms with Crippen LogP contribution in [0, 0.1) is 17.3 Å². The summed E-state index contributed by atoms with van der Waals surface area (Å²) in [4.78, 5) is 11.6. The predicted molar refractivity (Wildman–Crippen MR) is 122 cm³/mol. The van der Waals surface area contributed by atoms with Crippen molar-refractivity contribution in [1.82, 2.24) is 49.6 Å². The van der Waals surface area contributed by atoms with Gasteiger partial charge in [-0.1, -0.05) is 18.2 Å². The zero-order valence-corrected chi connectivity index (χ0v) is 18.7. The first-order valence-corrected chi connectivity index (χ1v) is 12.1. The van der Waals surface area contributed by atoms with Crippen LogP contribution in [-0.4, -0.2) is 49.6 Å². The van der Waals surface area contributed by atoms with E-state index in [1.54, 1.807) is 12.7 Å². The number of aromatic nitrogens is 10. The Labute approximate surface area is 195 Å². The van der Waals surface area contributed by atoms with Crippen LogP contribution in [0.3, 0.4) is 0 Å². The SMILES string of the molecule is c1ccc(-n2ncc3c2ncn2nc(CC45CC6CC(C4)CC(n4ncnn4)(C6)C5)nc32)cc1. The smallest absolute Gasteiger partial charge is 0.170 e. The first-order chi connectivity index (χ1) is 16.7. The Balaban J connectivity index is 1.18. The Hall–Kier alpha value is -3.69. The van der Waals surface area contributed by atoms with E-state index < -0.39 is 0 Å². The van der Waals surface area contributed by atoms with E-state index in [1.165, 1.54) is 32.1 Å². The molecule has 10 heteroatoms. The van der Waals surface area contributed by atoms with E-state index in [2.05, 4.69) is 25.5 Å². The Morgan fingerprint density at radius 2 is 1.82 bits per heavy atom. The van der Waals surface area contributed by atoms with E-state index >= 15 is 0 Å². The van der Waals surface area contributed by atoms with Gasteiger partial charge in [0, 0.05) is 6.42 Å².